The van der Waals surface area contributed by atoms with Crippen LogP contribution in [-0.2, 0) is 4.79 Å². The van der Waals surface area contributed by atoms with Crippen LogP contribution >= 0.6 is 15.9 Å². The molecule has 0 aliphatic heterocycles. The number of hydrogen-bond donors (Lipinski definition) is 1. The summed E-state index contributed by atoms with van der Waals surface area (Å²) < 4.78 is 0.824. The Labute approximate surface area is 97.4 Å². The topological polar surface area (TPSA) is 42.0 Å². The van der Waals surface area contributed by atoms with E-state index in [-0.39, 0.29) is 5.91 Å². The van der Waals surface area contributed by atoms with Crippen molar-refractivity contribution >= 4 is 27.7 Å². The molecule has 1 fully saturated rings. The smallest absolute Gasteiger partial charge is 0.225 e. The minimum Gasteiger partial charge on any atom is -0.310 e. The summed E-state index contributed by atoms with van der Waals surface area (Å²) in [5, 5.41) is 2.80. The predicted molar refractivity (Wildman–Crippen MR) is 62.5 cm³/mol. The second kappa shape index (κ2) is 4.75. The zero-order chi connectivity index (χ0) is 10.7. The number of amides is 1. The molecule has 1 amide bonds. The minimum atomic E-state index is 0.0568. The number of rotatable bonds is 4. The van der Waals surface area contributed by atoms with Gasteiger partial charge in [-0.2, -0.15) is 0 Å². The van der Waals surface area contributed by atoms with E-state index in [2.05, 4.69) is 26.2 Å². The number of hydrogen-bond acceptors (Lipinski definition) is 2. The van der Waals surface area contributed by atoms with Gasteiger partial charge in [-0.05, 0) is 40.4 Å². The Bertz CT molecular complexity index is 363. The molecule has 0 bridgehead atoms. The Balaban J connectivity index is 1.84. The molecular weight excluding hydrogens is 256 g/mol. The molecule has 0 saturated heterocycles. The van der Waals surface area contributed by atoms with Gasteiger partial charge in [-0.1, -0.05) is 12.8 Å². The van der Waals surface area contributed by atoms with Gasteiger partial charge in [-0.3, -0.25) is 4.79 Å². The Hall–Kier alpha value is -0.900. The van der Waals surface area contributed by atoms with E-state index in [1.807, 2.05) is 12.1 Å². The summed E-state index contributed by atoms with van der Waals surface area (Å²) >= 11 is 3.34. The summed E-state index contributed by atoms with van der Waals surface area (Å²) in [5.41, 5.74) is 0. The third-order valence-electron chi connectivity index (χ3n) is 2.49. The van der Waals surface area contributed by atoms with Crippen LogP contribution in [0.15, 0.2) is 22.8 Å². The average Bonchev–Trinajstić information content (AvgIpc) is 3.02. The van der Waals surface area contributed by atoms with Gasteiger partial charge in [-0.25, -0.2) is 4.98 Å². The average molecular weight is 269 g/mol. The van der Waals surface area contributed by atoms with Crippen molar-refractivity contribution in [1.82, 2.24) is 4.98 Å². The number of carbonyl (C=O) groups excluding carboxylic acids is 1. The second-order valence-corrected chi connectivity index (χ2v) is 4.72. The molecule has 1 aliphatic carbocycles. The van der Waals surface area contributed by atoms with Gasteiger partial charge in [0.25, 0.3) is 0 Å². The zero-order valence-electron chi connectivity index (χ0n) is 8.37. The maximum atomic E-state index is 11.5. The van der Waals surface area contributed by atoms with Crippen LogP contribution in [0.25, 0.3) is 0 Å². The maximum absolute atomic E-state index is 11.5. The minimum absolute atomic E-state index is 0.0568. The molecule has 1 N–H and O–H groups in total. The highest BCUT2D eigenvalue weighted by molar-refractivity contribution is 9.10. The van der Waals surface area contributed by atoms with E-state index in [1.165, 1.54) is 12.8 Å². The molecule has 1 aliphatic rings. The zero-order valence-corrected chi connectivity index (χ0v) is 9.96. The first-order valence-corrected chi connectivity index (χ1v) is 5.95. The first kappa shape index (κ1) is 10.6. The van der Waals surface area contributed by atoms with Crippen molar-refractivity contribution in [3.63, 3.8) is 0 Å². The van der Waals surface area contributed by atoms with Gasteiger partial charge < -0.3 is 5.32 Å². The fourth-order valence-electron chi connectivity index (χ4n) is 1.41. The summed E-state index contributed by atoms with van der Waals surface area (Å²) in [4.78, 5) is 15.6. The Morgan fingerprint density at radius 1 is 1.60 bits per heavy atom. The fourth-order valence-corrected chi connectivity index (χ4v) is 1.77. The number of pyridine rings is 1. The molecule has 4 heteroatoms. The molecule has 15 heavy (non-hydrogen) atoms. The quantitative estimate of drug-likeness (QED) is 0.913. The molecule has 80 valence electrons. The van der Waals surface area contributed by atoms with E-state index in [1.54, 1.807) is 6.20 Å². The van der Waals surface area contributed by atoms with Gasteiger partial charge >= 0.3 is 0 Å². The molecule has 0 atom stereocenters. The van der Waals surface area contributed by atoms with Gasteiger partial charge in [0.15, 0.2) is 0 Å². The molecule has 0 unspecified atom stereocenters. The summed E-state index contributed by atoms with van der Waals surface area (Å²) in [6.07, 6.45) is 5.87. The van der Waals surface area contributed by atoms with E-state index in [0.717, 1.165) is 16.8 Å². The molecule has 1 aromatic rings. The van der Waals surface area contributed by atoms with Crippen LogP contribution in [0.3, 0.4) is 0 Å². The van der Waals surface area contributed by atoms with Crippen molar-refractivity contribution in [3.05, 3.63) is 22.8 Å². The molecule has 1 aromatic heterocycles. The molecule has 3 nitrogen and oxygen atoms in total. The highest BCUT2D eigenvalue weighted by atomic mass is 79.9. The number of nitrogens with one attached hydrogen (secondary N) is 1. The first-order chi connectivity index (χ1) is 7.25. The standard InChI is InChI=1S/C11H13BrN2O/c12-9-2-1-7-13-11(9)14-10(15)6-5-8-3-4-8/h1-2,7-8H,3-6H2,(H,13,14,15). The lowest BCUT2D eigenvalue weighted by Crippen LogP contribution is -2.12. The molecule has 2 rings (SSSR count). The van der Waals surface area contributed by atoms with Crippen LogP contribution in [0.5, 0.6) is 0 Å². The second-order valence-electron chi connectivity index (χ2n) is 3.86. The van der Waals surface area contributed by atoms with Gasteiger partial charge in [0.2, 0.25) is 5.91 Å². The van der Waals surface area contributed by atoms with Gasteiger partial charge in [0, 0.05) is 12.6 Å². The fraction of sp³-hybridized carbons (Fsp3) is 0.455. The molecule has 1 saturated carbocycles. The van der Waals surface area contributed by atoms with Crippen LogP contribution in [0.2, 0.25) is 0 Å². The molecule has 0 aromatic carbocycles. The van der Waals surface area contributed by atoms with Crippen LogP contribution in [0.1, 0.15) is 25.7 Å². The van der Waals surface area contributed by atoms with Crippen LogP contribution in [-0.4, -0.2) is 10.9 Å². The van der Waals surface area contributed by atoms with Crippen molar-refractivity contribution in [1.29, 1.82) is 0 Å². The van der Waals surface area contributed by atoms with Crippen molar-refractivity contribution in [2.45, 2.75) is 25.7 Å². The highest BCUT2D eigenvalue weighted by Crippen LogP contribution is 2.33. The Morgan fingerprint density at radius 2 is 2.40 bits per heavy atom. The maximum Gasteiger partial charge on any atom is 0.225 e. The lowest BCUT2D eigenvalue weighted by Gasteiger charge is -2.05. The van der Waals surface area contributed by atoms with Crippen LogP contribution in [0.4, 0.5) is 5.82 Å². The number of carbonyl (C=O) groups is 1. The van der Waals surface area contributed by atoms with E-state index >= 15 is 0 Å². The monoisotopic (exact) mass is 268 g/mol. The lowest BCUT2D eigenvalue weighted by atomic mass is 10.2. The van der Waals surface area contributed by atoms with E-state index < -0.39 is 0 Å². The number of aromatic nitrogens is 1. The van der Waals surface area contributed by atoms with Crippen molar-refractivity contribution in [3.8, 4) is 0 Å². The first-order valence-electron chi connectivity index (χ1n) is 5.16. The van der Waals surface area contributed by atoms with Gasteiger partial charge in [0.1, 0.15) is 5.82 Å². The summed E-state index contributed by atoms with van der Waals surface area (Å²) in [6, 6.07) is 3.69. The summed E-state index contributed by atoms with van der Waals surface area (Å²) in [5.74, 6) is 1.46. The van der Waals surface area contributed by atoms with E-state index in [4.69, 9.17) is 0 Å². The number of nitrogens with zero attached hydrogens (tertiary/aromatic N) is 1. The van der Waals surface area contributed by atoms with Crippen LogP contribution < -0.4 is 5.32 Å². The predicted octanol–water partition coefficient (Wildman–Crippen LogP) is 2.97. The van der Waals surface area contributed by atoms with Gasteiger partial charge in [0.05, 0.1) is 4.47 Å². The van der Waals surface area contributed by atoms with E-state index in [0.29, 0.717) is 12.2 Å². The van der Waals surface area contributed by atoms with E-state index in [9.17, 15) is 4.79 Å². The summed E-state index contributed by atoms with van der Waals surface area (Å²) in [7, 11) is 0. The number of halogens is 1. The number of anilines is 1. The van der Waals surface area contributed by atoms with Crippen LogP contribution in [0, 0.1) is 5.92 Å². The van der Waals surface area contributed by atoms with Crippen molar-refractivity contribution in [2.75, 3.05) is 5.32 Å². The van der Waals surface area contributed by atoms with Crippen molar-refractivity contribution < 1.29 is 4.79 Å². The largest absolute Gasteiger partial charge is 0.310 e. The highest BCUT2D eigenvalue weighted by Gasteiger charge is 2.21. The van der Waals surface area contributed by atoms with Crippen molar-refractivity contribution in [2.24, 2.45) is 5.92 Å². The summed E-state index contributed by atoms with van der Waals surface area (Å²) in [6.45, 7) is 0. The van der Waals surface area contributed by atoms with Gasteiger partial charge in [-0.15, -0.1) is 0 Å². The molecule has 0 spiro atoms. The molecule has 1 heterocycles. The SMILES string of the molecule is O=C(CCC1CC1)Nc1ncccc1Br. The third-order valence-corrected chi connectivity index (χ3v) is 3.13. The Kier molecular flexibility index (Phi) is 3.36. The Morgan fingerprint density at radius 3 is 3.07 bits per heavy atom. The molecule has 0 radical (unpaired) electrons. The molecular formula is C11H13BrN2O. The lowest BCUT2D eigenvalue weighted by molar-refractivity contribution is -0.116. The normalized spacial score (nSPS) is 15.0. The third kappa shape index (κ3) is 3.30.